The average Bonchev–Trinajstić information content (AvgIpc) is 2.90. The second-order valence-corrected chi connectivity index (χ2v) is 12.2. The van der Waals surface area contributed by atoms with Crippen molar-refractivity contribution in [3.63, 3.8) is 0 Å². The van der Waals surface area contributed by atoms with Crippen LogP contribution in [0.15, 0.2) is 53.3 Å². The summed E-state index contributed by atoms with van der Waals surface area (Å²) in [4.78, 5) is 53.1. The van der Waals surface area contributed by atoms with E-state index in [1.54, 1.807) is 44.4 Å². The number of aromatic hydroxyl groups is 1. The van der Waals surface area contributed by atoms with Crippen LogP contribution in [0.5, 0.6) is 5.75 Å². The number of carbonyl (C=O) groups is 4. The number of nitrogens with zero attached hydrogens (tertiary/aromatic N) is 1. The lowest BCUT2D eigenvalue weighted by atomic mass is 9.57. The van der Waals surface area contributed by atoms with Crippen molar-refractivity contribution in [2.24, 2.45) is 23.5 Å². The number of hydrogen-bond donors (Lipinski definition) is 6. The van der Waals surface area contributed by atoms with Crippen LogP contribution < -0.4 is 11.1 Å². The van der Waals surface area contributed by atoms with Gasteiger partial charge in [0.05, 0.1) is 11.6 Å². The smallest absolute Gasteiger partial charge is 0.255 e. The zero-order valence-electron chi connectivity index (χ0n) is 24.3. The Morgan fingerprint density at radius 3 is 2.30 bits per heavy atom. The molecule has 1 saturated carbocycles. The molecule has 1 fully saturated rings. The van der Waals surface area contributed by atoms with Crippen LogP contribution in [0, 0.1) is 17.8 Å². The van der Waals surface area contributed by atoms with E-state index in [2.05, 4.69) is 5.32 Å². The van der Waals surface area contributed by atoms with E-state index in [1.807, 2.05) is 13.8 Å². The summed E-state index contributed by atoms with van der Waals surface area (Å²) in [5.74, 6) is -6.82. The van der Waals surface area contributed by atoms with Crippen LogP contribution in [0.1, 0.15) is 37.8 Å². The van der Waals surface area contributed by atoms with Gasteiger partial charge in [0.25, 0.3) is 5.91 Å². The molecule has 2 aromatic rings. The van der Waals surface area contributed by atoms with Crippen molar-refractivity contribution in [1.29, 1.82) is 0 Å². The third kappa shape index (κ3) is 4.68. The second-order valence-electron chi connectivity index (χ2n) is 12.2. The van der Waals surface area contributed by atoms with E-state index in [0.29, 0.717) is 23.2 Å². The lowest BCUT2D eigenvalue weighted by molar-refractivity contribution is -0.153. The van der Waals surface area contributed by atoms with Crippen LogP contribution in [0.3, 0.4) is 0 Å². The van der Waals surface area contributed by atoms with Crippen LogP contribution in [-0.4, -0.2) is 74.4 Å². The Balaban J connectivity index is 1.60. The number of Topliss-reactive ketones (excluding diaryl/α,β-unsaturated/α-hetero) is 2. The topological polar surface area (TPSA) is 190 Å². The van der Waals surface area contributed by atoms with Crippen LogP contribution in [0.2, 0.25) is 0 Å². The summed E-state index contributed by atoms with van der Waals surface area (Å²) in [6.45, 7) is 3.91. The third-order valence-corrected chi connectivity index (χ3v) is 8.68. The van der Waals surface area contributed by atoms with Gasteiger partial charge < -0.3 is 31.5 Å². The molecule has 0 aromatic heterocycles. The van der Waals surface area contributed by atoms with Crippen LogP contribution in [-0.2, 0) is 25.6 Å². The minimum absolute atomic E-state index is 0.00167. The SMILES string of the molecule is CC(C)CC(=O)Nc1ccc(-c2ccc(O)c3c2CC2CC4C(N(C)C)C(=O)C(C(N)=O)=C(O)C4(O)C(=O)C2=C3O)cc1. The molecule has 5 rings (SSSR count). The van der Waals surface area contributed by atoms with E-state index in [4.69, 9.17) is 5.73 Å². The number of phenols is 1. The van der Waals surface area contributed by atoms with E-state index in [9.17, 15) is 39.6 Å². The van der Waals surface area contributed by atoms with Gasteiger partial charge in [-0.3, -0.25) is 24.1 Å². The minimum atomic E-state index is -2.69. The van der Waals surface area contributed by atoms with Gasteiger partial charge in [-0.2, -0.15) is 0 Å². The van der Waals surface area contributed by atoms with Crippen molar-refractivity contribution in [1.82, 2.24) is 4.90 Å². The number of aliphatic hydroxyl groups excluding tert-OH is 2. The molecule has 7 N–H and O–H groups in total. The predicted molar refractivity (Wildman–Crippen MR) is 158 cm³/mol. The highest BCUT2D eigenvalue weighted by Gasteiger charge is 2.64. The number of amides is 2. The normalized spacial score (nSPS) is 25.0. The van der Waals surface area contributed by atoms with Crippen molar-refractivity contribution in [2.75, 3.05) is 19.4 Å². The first-order chi connectivity index (χ1) is 20.2. The number of nitrogens with one attached hydrogen (secondary N) is 1. The van der Waals surface area contributed by atoms with Crippen molar-refractivity contribution >= 4 is 34.8 Å². The minimum Gasteiger partial charge on any atom is -0.508 e. The van der Waals surface area contributed by atoms with Crippen LogP contribution in [0.25, 0.3) is 16.9 Å². The van der Waals surface area contributed by atoms with Gasteiger partial charge in [-0.1, -0.05) is 32.0 Å². The van der Waals surface area contributed by atoms with Gasteiger partial charge in [-0.05, 0) is 73.7 Å². The zero-order valence-corrected chi connectivity index (χ0v) is 24.3. The number of carbonyl (C=O) groups excluding carboxylic acids is 4. The Morgan fingerprint density at radius 1 is 1.07 bits per heavy atom. The summed E-state index contributed by atoms with van der Waals surface area (Å²) in [7, 11) is 3.11. The number of primary amides is 1. The molecule has 0 bridgehead atoms. The monoisotopic (exact) mass is 589 g/mol. The van der Waals surface area contributed by atoms with E-state index < -0.39 is 58.0 Å². The highest BCUT2D eigenvalue weighted by atomic mass is 16.3. The molecule has 11 heteroatoms. The standard InChI is InChI=1S/C32H35N3O8/c1-14(2)11-22(37)34-17-7-5-15(6-8-17)18-9-10-21(36)24-19(18)12-16-13-20-26(35(3)4)28(39)25(31(33)42)30(41)32(20,43)29(40)23(16)27(24)38/h5-10,14,16,20,26,36,38,41,43H,11-13H2,1-4H3,(H2,33,42)(H,34,37). The highest BCUT2D eigenvalue weighted by molar-refractivity contribution is 6.24. The fraction of sp³-hybridized carbons (Fsp3) is 0.375. The number of nitrogens with two attached hydrogens (primary N) is 1. The van der Waals surface area contributed by atoms with Crippen molar-refractivity contribution in [3.8, 4) is 16.9 Å². The third-order valence-electron chi connectivity index (χ3n) is 8.68. The lowest BCUT2D eigenvalue weighted by Crippen LogP contribution is -2.65. The van der Waals surface area contributed by atoms with Gasteiger partial charge in [0, 0.05) is 23.6 Å². The van der Waals surface area contributed by atoms with E-state index >= 15 is 0 Å². The van der Waals surface area contributed by atoms with Gasteiger partial charge in [-0.15, -0.1) is 0 Å². The molecule has 3 aliphatic rings. The molecular weight excluding hydrogens is 554 g/mol. The number of rotatable bonds is 6. The van der Waals surface area contributed by atoms with Crippen molar-refractivity contribution in [2.45, 2.75) is 44.8 Å². The molecule has 0 heterocycles. The molecule has 4 unspecified atom stereocenters. The molecule has 11 nitrogen and oxygen atoms in total. The number of aliphatic hydroxyl groups is 3. The quantitative estimate of drug-likeness (QED) is 0.275. The van der Waals surface area contributed by atoms with Crippen molar-refractivity contribution in [3.05, 3.63) is 64.4 Å². The van der Waals surface area contributed by atoms with Gasteiger partial charge in [0.15, 0.2) is 11.4 Å². The summed E-state index contributed by atoms with van der Waals surface area (Å²) in [5.41, 5.74) is 4.22. The summed E-state index contributed by atoms with van der Waals surface area (Å²) >= 11 is 0. The number of fused-ring (bicyclic) bond motifs is 3. The highest BCUT2D eigenvalue weighted by Crippen LogP contribution is 2.53. The van der Waals surface area contributed by atoms with Crippen molar-refractivity contribution < 1.29 is 39.6 Å². The fourth-order valence-electron chi connectivity index (χ4n) is 6.83. The fourth-order valence-corrected chi connectivity index (χ4v) is 6.83. The number of hydrogen-bond acceptors (Lipinski definition) is 9. The molecule has 2 amide bonds. The van der Waals surface area contributed by atoms with Crippen LogP contribution in [0.4, 0.5) is 5.69 Å². The number of benzene rings is 2. The molecule has 0 spiro atoms. The van der Waals surface area contributed by atoms with E-state index in [-0.39, 0.29) is 41.6 Å². The van der Waals surface area contributed by atoms with Gasteiger partial charge in [0.2, 0.25) is 11.7 Å². The Bertz CT molecular complexity index is 1620. The first kappa shape index (κ1) is 30.0. The van der Waals surface area contributed by atoms with Gasteiger partial charge in [-0.25, -0.2) is 0 Å². The number of likely N-dealkylation sites (N-methyl/N-ethyl adjacent to an activating group) is 1. The predicted octanol–water partition coefficient (Wildman–Crippen LogP) is 2.62. The summed E-state index contributed by atoms with van der Waals surface area (Å²) < 4.78 is 0. The molecule has 0 saturated heterocycles. The maximum Gasteiger partial charge on any atom is 0.255 e. The maximum atomic E-state index is 14.0. The summed E-state index contributed by atoms with van der Waals surface area (Å²) in [5, 5.41) is 47.8. The number of phenolic OH excluding ortho intramolecular Hbond substituents is 1. The summed E-state index contributed by atoms with van der Waals surface area (Å²) in [6.07, 6.45) is 0.557. The van der Waals surface area contributed by atoms with Crippen LogP contribution >= 0.6 is 0 Å². The molecule has 3 aliphatic carbocycles. The second kappa shape index (κ2) is 10.7. The maximum absolute atomic E-state index is 14.0. The zero-order chi connectivity index (χ0) is 31.5. The first-order valence-electron chi connectivity index (χ1n) is 14.1. The molecule has 0 aliphatic heterocycles. The molecule has 226 valence electrons. The lowest BCUT2D eigenvalue weighted by Gasteiger charge is -2.50. The Labute approximate surface area is 248 Å². The van der Waals surface area contributed by atoms with Gasteiger partial charge in [0.1, 0.15) is 22.8 Å². The van der Waals surface area contributed by atoms with Gasteiger partial charge >= 0.3 is 0 Å². The molecule has 0 radical (unpaired) electrons. The van der Waals surface area contributed by atoms with E-state index in [0.717, 1.165) is 5.56 Å². The Hall–Kier alpha value is -4.48. The summed E-state index contributed by atoms with van der Waals surface area (Å²) in [6, 6.07) is 9.03. The largest absolute Gasteiger partial charge is 0.508 e. The Kier molecular flexibility index (Phi) is 7.43. The molecule has 4 atom stereocenters. The van der Waals surface area contributed by atoms with E-state index in [1.165, 1.54) is 11.0 Å². The Morgan fingerprint density at radius 2 is 1.72 bits per heavy atom. The molecular formula is C32H35N3O8. The first-order valence-corrected chi connectivity index (χ1v) is 14.1. The number of anilines is 1. The average molecular weight is 590 g/mol. The number of ketones is 2. The molecule has 43 heavy (non-hydrogen) atoms. The molecule has 2 aromatic carbocycles.